The average molecular weight is 283 g/mol. The molecule has 0 aliphatic carbocycles. The van der Waals surface area contributed by atoms with Crippen LogP contribution in [0.2, 0.25) is 0 Å². The Balaban J connectivity index is 2.86. The van der Waals surface area contributed by atoms with E-state index in [1.54, 1.807) is 0 Å². The summed E-state index contributed by atoms with van der Waals surface area (Å²) in [4.78, 5) is 14.9. The normalized spacial score (nSPS) is 32.2. The summed E-state index contributed by atoms with van der Waals surface area (Å²) in [6.45, 7) is 17.6. The van der Waals surface area contributed by atoms with Crippen LogP contribution in [0.25, 0.3) is 0 Å². The molecule has 4 nitrogen and oxygen atoms in total. The lowest BCUT2D eigenvalue weighted by Gasteiger charge is -2.51. The van der Waals surface area contributed by atoms with Gasteiger partial charge in [0.25, 0.3) is 0 Å². The van der Waals surface area contributed by atoms with Gasteiger partial charge in [-0.15, -0.1) is 0 Å². The van der Waals surface area contributed by atoms with Gasteiger partial charge in [-0.25, -0.2) is 0 Å². The summed E-state index contributed by atoms with van der Waals surface area (Å²) in [5, 5.41) is 6.77. The van der Waals surface area contributed by atoms with Crippen molar-refractivity contribution in [3.63, 3.8) is 0 Å². The van der Waals surface area contributed by atoms with E-state index in [1.807, 2.05) is 0 Å². The van der Waals surface area contributed by atoms with Crippen molar-refractivity contribution in [1.29, 1.82) is 0 Å². The topological polar surface area (TPSA) is 44.4 Å². The van der Waals surface area contributed by atoms with Crippen LogP contribution in [0.1, 0.15) is 61.3 Å². The summed E-state index contributed by atoms with van der Waals surface area (Å²) in [5.74, 6) is 0.165. The quantitative estimate of drug-likeness (QED) is 0.812. The van der Waals surface area contributed by atoms with Gasteiger partial charge < -0.3 is 10.6 Å². The number of nitrogens with one attached hydrogen (secondary N) is 2. The van der Waals surface area contributed by atoms with Crippen LogP contribution in [-0.4, -0.2) is 47.1 Å². The molecular weight excluding hydrogens is 250 g/mol. The molecule has 0 bridgehead atoms. The molecule has 1 amide bonds. The third-order valence-corrected chi connectivity index (χ3v) is 4.33. The Kier molecular flexibility index (Phi) is 5.25. The van der Waals surface area contributed by atoms with Gasteiger partial charge in [0.15, 0.2) is 0 Å². The summed E-state index contributed by atoms with van der Waals surface area (Å²) in [6.07, 6.45) is 1.92. The van der Waals surface area contributed by atoms with Crippen molar-refractivity contribution in [2.45, 2.75) is 77.9 Å². The van der Waals surface area contributed by atoms with E-state index in [-0.39, 0.29) is 22.5 Å². The number of hydrogen-bond acceptors (Lipinski definition) is 3. The van der Waals surface area contributed by atoms with Crippen LogP contribution in [0.5, 0.6) is 0 Å². The minimum absolute atomic E-state index is 0.0643. The van der Waals surface area contributed by atoms with Crippen LogP contribution >= 0.6 is 0 Å². The van der Waals surface area contributed by atoms with Crippen LogP contribution < -0.4 is 10.6 Å². The maximum Gasteiger partial charge on any atom is 0.240 e. The third kappa shape index (κ3) is 3.95. The molecule has 0 aromatic heterocycles. The molecule has 118 valence electrons. The SMILES string of the molecule is CCCN1CC(C)(CNC(C)(C)C)NC(=O)C1(C)CC. The van der Waals surface area contributed by atoms with Crippen molar-refractivity contribution in [3.05, 3.63) is 0 Å². The van der Waals surface area contributed by atoms with Crippen molar-refractivity contribution in [3.8, 4) is 0 Å². The van der Waals surface area contributed by atoms with Crippen molar-refractivity contribution < 1.29 is 4.79 Å². The first kappa shape index (κ1) is 17.4. The molecule has 0 spiro atoms. The van der Waals surface area contributed by atoms with Crippen molar-refractivity contribution in [1.82, 2.24) is 15.5 Å². The molecule has 1 aliphatic rings. The Labute approximate surface area is 124 Å². The van der Waals surface area contributed by atoms with Crippen molar-refractivity contribution in [2.75, 3.05) is 19.6 Å². The second kappa shape index (κ2) is 6.02. The number of carbonyl (C=O) groups excluding carboxylic acids is 1. The van der Waals surface area contributed by atoms with Crippen molar-refractivity contribution in [2.24, 2.45) is 0 Å². The fourth-order valence-electron chi connectivity index (χ4n) is 2.73. The Bertz CT molecular complexity index is 350. The highest BCUT2D eigenvalue weighted by atomic mass is 16.2. The van der Waals surface area contributed by atoms with Crippen LogP contribution in [0.15, 0.2) is 0 Å². The van der Waals surface area contributed by atoms with Gasteiger partial charge in [-0.2, -0.15) is 0 Å². The van der Waals surface area contributed by atoms with Crippen LogP contribution in [0.3, 0.4) is 0 Å². The Morgan fingerprint density at radius 3 is 2.35 bits per heavy atom. The fraction of sp³-hybridized carbons (Fsp3) is 0.938. The monoisotopic (exact) mass is 283 g/mol. The molecule has 4 heteroatoms. The Morgan fingerprint density at radius 1 is 1.30 bits per heavy atom. The van der Waals surface area contributed by atoms with E-state index in [4.69, 9.17) is 0 Å². The fourth-order valence-corrected chi connectivity index (χ4v) is 2.73. The zero-order valence-corrected chi connectivity index (χ0v) is 14.4. The summed E-state index contributed by atoms with van der Waals surface area (Å²) < 4.78 is 0. The maximum atomic E-state index is 12.6. The van der Waals surface area contributed by atoms with Crippen molar-refractivity contribution >= 4 is 5.91 Å². The minimum Gasteiger partial charge on any atom is -0.347 e. The number of carbonyl (C=O) groups is 1. The molecule has 2 unspecified atom stereocenters. The van der Waals surface area contributed by atoms with Gasteiger partial charge in [0, 0.05) is 18.6 Å². The molecule has 1 rings (SSSR count). The molecule has 1 aliphatic heterocycles. The van der Waals surface area contributed by atoms with E-state index in [0.29, 0.717) is 0 Å². The molecule has 0 aromatic rings. The zero-order chi connectivity index (χ0) is 15.6. The molecule has 20 heavy (non-hydrogen) atoms. The first-order chi connectivity index (χ1) is 9.06. The predicted octanol–water partition coefficient (Wildman–Crippen LogP) is 2.14. The molecular formula is C16H33N3O. The van der Waals surface area contributed by atoms with Gasteiger partial charge in [-0.05, 0) is 54.0 Å². The van der Waals surface area contributed by atoms with Crippen LogP contribution in [-0.2, 0) is 4.79 Å². The Morgan fingerprint density at radius 2 is 1.90 bits per heavy atom. The molecule has 0 aromatic carbocycles. The zero-order valence-electron chi connectivity index (χ0n) is 14.4. The van der Waals surface area contributed by atoms with E-state index < -0.39 is 0 Å². The third-order valence-electron chi connectivity index (χ3n) is 4.33. The first-order valence-electron chi connectivity index (χ1n) is 7.89. The largest absolute Gasteiger partial charge is 0.347 e. The summed E-state index contributed by atoms with van der Waals surface area (Å²) >= 11 is 0. The van der Waals surface area contributed by atoms with Gasteiger partial charge in [0.1, 0.15) is 0 Å². The van der Waals surface area contributed by atoms with Gasteiger partial charge in [0.2, 0.25) is 5.91 Å². The second-order valence-corrected chi connectivity index (χ2v) is 7.67. The lowest BCUT2D eigenvalue weighted by Crippen LogP contribution is -2.73. The van der Waals surface area contributed by atoms with Gasteiger partial charge in [-0.1, -0.05) is 13.8 Å². The highest BCUT2D eigenvalue weighted by molar-refractivity contribution is 5.87. The Hall–Kier alpha value is -0.610. The standard InChI is InChI=1S/C16H33N3O/c1-8-10-19-12-15(6,11-17-14(3,4)5)18-13(20)16(19,7)9-2/h17H,8-12H2,1-7H3,(H,18,20). The summed E-state index contributed by atoms with van der Waals surface area (Å²) in [5.41, 5.74) is -0.500. The number of hydrogen-bond donors (Lipinski definition) is 2. The summed E-state index contributed by atoms with van der Waals surface area (Å²) in [7, 11) is 0. The highest BCUT2D eigenvalue weighted by Gasteiger charge is 2.47. The van der Waals surface area contributed by atoms with E-state index in [0.717, 1.165) is 32.5 Å². The number of rotatable bonds is 5. The molecule has 2 atom stereocenters. The summed E-state index contributed by atoms with van der Waals surface area (Å²) in [6, 6.07) is 0. The van der Waals surface area contributed by atoms with E-state index in [1.165, 1.54) is 0 Å². The molecule has 1 fully saturated rings. The minimum atomic E-state index is -0.364. The second-order valence-electron chi connectivity index (χ2n) is 7.67. The molecule has 0 saturated carbocycles. The van der Waals surface area contributed by atoms with Gasteiger partial charge in [-0.3, -0.25) is 9.69 Å². The first-order valence-corrected chi connectivity index (χ1v) is 7.89. The number of piperazine rings is 1. The maximum absolute atomic E-state index is 12.6. The average Bonchev–Trinajstić information content (AvgIpc) is 2.33. The number of nitrogens with zero attached hydrogens (tertiary/aromatic N) is 1. The van der Waals surface area contributed by atoms with E-state index in [9.17, 15) is 4.79 Å². The predicted molar refractivity (Wildman–Crippen MR) is 84.9 cm³/mol. The van der Waals surface area contributed by atoms with Gasteiger partial charge >= 0.3 is 0 Å². The molecule has 0 radical (unpaired) electrons. The number of amides is 1. The molecule has 2 N–H and O–H groups in total. The van der Waals surface area contributed by atoms with E-state index >= 15 is 0 Å². The van der Waals surface area contributed by atoms with Gasteiger partial charge in [0.05, 0.1) is 11.1 Å². The lowest BCUT2D eigenvalue weighted by molar-refractivity contribution is -0.141. The highest BCUT2D eigenvalue weighted by Crippen LogP contribution is 2.28. The van der Waals surface area contributed by atoms with Crippen LogP contribution in [0.4, 0.5) is 0 Å². The molecule has 1 heterocycles. The smallest absolute Gasteiger partial charge is 0.240 e. The van der Waals surface area contributed by atoms with E-state index in [2.05, 4.69) is 64.0 Å². The van der Waals surface area contributed by atoms with Crippen LogP contribution in [0, 0.1) is 0 Å². The molecule has 1 saturated heterocycles. The lowest BCUT2D eigenvalue weighted by atomic mass is 9.85.